The van der Waals surface area contributed by atoms with Crippen molar-refractivity contribution in [1.29, 1.82) is 0 Å². The molecule has 21 heavy (non-hydrogen) atoms. The van der Waals surface area contributed by atoms with Crippen LogP contribution in [0.4, 0.5) is 5.69 Å². The number of rotatable bonds is 5. The molecule has 0 saturated carbocycles. The van der Waals surface area contributed by atoms with Gasteiger partial charge in [0.1, 0.15) is 0 Å². The van der Waals surface area contributed by atoms with Crippen LogP contribution in [0.2, 0.25) is 0 Å². The largest absolute Gasteiger partial charge is 0.478 e. The number of anilines is 1. The molecule has 110 valence electrons. The molecule has 0 bridgehead atoms. The Balaban J connectivity index is 2.35. The molecule has 0 aliphatic heterocycles. The van der Waals surface area contributed by atoms with Gasteiger partial charge in [-0.3, -0.25) is 0 Å². The summed E-state index contributed by atoms with van der Waals surface area (Å²) in [5.41, 5.74) is 3.50. The molecule has 0 heterocycles. The fraction of sp³-hybridized carbons (Fsp3) is 0.235. The number of carboxylic acid groups (broad SMARTS) is 1. The molecule has 0 radical (unpaired) electrons. The van der Waals surface area contributed by atoms with Crippen LogP contribution >= 0.6 is 11.8 Å². The highest BCUT2D eigenvalue weighted by molar-refractivity contribution is 7.98. The van der Waals surface area contributed by atoms with Crippen LogP contribution in [-0.2, 0) is 6.54 Å². The smallest absolute Gasteiger partial charge is 0.338 e. The molecule has 0 aliphatic rings. The fourth-order valence-corrected chi connectivity index (χ4v) is 3.00. The lowest BCUT2D eigenvalue weighted by Crippen LogP contribution is -2.20. The quantitative estimate of drug-likeness (QED) is 0.846. The van der Waals surface area contributed by atoms with E-state index in [9.17, 15) is 9.90 Å². The lowest BCUT2D eigenvalue weighted by molar-refractivity contribution is 0.0694. The van der Waals surface area contributed by atoms with Gasteiger partial charge in [-0.1, -0.05) is 35.9 Å². The van der Waals surface area contributed by atoms with Gasteiger partial charge in [0.2, 0.25) is 0 Å². The van der Waals surface area contributed by atoms with Crippen LogP contribution in [-0.4, -0.2) is 24.4 Å². The lowest BCUT2D eigenvalue weighted by Gasteiger charge is -2.22. The average Bonchev–Trinajstić information content (AvgIpc) is 2.46. The molecule has 3 nitrogen and oxygen atoms in total. The number of hydrogen-bond donors (Lipinski definition) is 1. The second-order valence-corrected chi connectivity index (χ2v) is 5.85. The molecule has 1 N–H and O–H groups in total. The number of carboxylic acids is 1. The number of hydrogen-bond acceptors (Lipinski definition) is 3. The Morgan fingerprint density at radius 3 is 2.57 bits per heavy atom. The van der Waals surface area contributed by atoms with E-state index in [-0.39, 0.29) is 0 Å². The van der Waals surface area contributed by atoms with Crippen molar-refractivity contribution in [2.75, 3.05) is 18.2 Å². The van der Waals surface area contributed by atoms with Crippen LogP contribution < -0.4 is 4.90 Å². The fourth-order valence-electron chi connectivity index (χ4n) is 2.39. The van der Waals surface area contributed by atoms with E-state index in [1.54, 1.807) is 0 Å². The molecule has 0 atom stereocenters. The van der Waals surface area contributed by atoms with Gasteiger partial charge in [-0.2, -0.15) is 0 Å². The Labute approximate surface area is 129 Å². The first-order chi connectivity index (χ1) is 10.0. The maximum atomic E-state index is 11.6. The number of thioether (sulfide) groups is 1. The Bertz CT molecular complexity index is 655. The Kier molecular flexibility index (Phi) is 4.91. The summed E-state index contributed by atoms with van der Waals surface area (Å²) >= 11 is 1.46. The molecule has 2 aromatic carbocycles. The molecule has 4 heteroatoms. The standard InChI is InChI=1S/C17H19NO2S/c1-12-6-4-7-13(10-12)11-18(2)14-8-5-9-15(21-3)16(14)17(19)20/h4-10H,11H2,1-3H3,(H,19,20). The van der Waals surface area contributed by atoms with Crippen LogP contribution in [0.15, 0.2) is 47.4 Å². The summed E-state index contributed by atoms with van der Waals surface area (Å²) in [7, 11) is 1.92. The molecule has 0 unspecified atom stereocenters. The minimum absolute atomic E-state index is 0.375. The van der Waals surface area contributed by atoms with E-state index < -0.39 is 5.97 Å². The predicted octanol–water partition coefficient (Wildman–Crippen LogP) is 4.05. The molecule has 2 rings (SSSR count). The van der Waals surface area contributed by atoms with E-state index >= 15 is 0 Å². The molecule has 0 saturated heterocycles. The predicted molar refractivity (Wildman–Crippen MR) is 88.5 cm³/mol. The third-order valence-electron chi connectivity index (χ3n) is 3.35. The van der Waals surface area contributed by atoms with E-state index in [2.05, 4.69) is 25.1 Å². The van der Waals surface area contributed by atoms with Crippen molar-refractivity contribution in [2.45, 2.75) is 18.4 Å². The topological polar surface area (TPSA) is 40.5 Å². The normalized spacial score (nSPS) is 10.4. The SMILES string of the molecule is CSc1cccc(N(C)Cc2cccc(C)c2)c1C(=O)O. The molecular weight excluding hydrogens is 282 g/mol. The van der Waals surface area contributed by atoms with Crippen LogP contribution in [0, 0.1) is 6.92 Å². The van der Waals surface area contributed by atoms with Gasteiger partial charge in [0.05, 0.1) is 11.3 Å². The van der Waals surface area contributed by atoms with Crippen molar-refractivity contribution in [3.8, 4) is 0 Å². The van der Waals surface area contributed by atoms with Gasteiger partial charge in [-0.05, 0) is 30.9 Å². The summed E-state index contributed by atoms with van der Waals surface area (Å²) < 4.78 is 0. The zero-order chi connectivity index (χ0) is 15.4. The summed E-state index contributed by atoms with van der Waals surface area (Å²) in [4.78, 5) is 14.3. The van der Waals surface area contributed by atoms with Gasteiger partial charge in [-0.15, -0.1) is 11.8 Å². The summed E-state index contributed by atoms with van der Waals surface area (Å²) in [6.07, 6.45) is 1.89. The van der Waals surface area contributed by atoms with Crippen molar-refractivity contribution in [3.63, 3.8) is 0 Å². The van der Waals surface area contributed by atoms with Gasteiger partial charge in [0.15, 0.2) is 0 Å². The van der Waals surface area contributed by atoms with Gasteiger partial charge >= 0.3 is 5.97 Å². The van der Waals surface area contributed by atoms with Crippen LogP contribution in [0.1, 0.15) is 21.5 Å². The summed E-state index contributed by atoms with van der Waals surface area (Å²) in [6, 6.07) is 13.9. The molecule has 0 spiro atoms. The van der Waals surface area contributed by atoms with Crippen LogP contribution in [0.25, 0.3) is 0 Å². The maximum absolute atomic E-state index is 11.6. The number of carbonyl (C=O) groups is 1. The first kappa shape index (κ1) is 15.4. The van der Waals surface area contributed by atoms with Gasteiger partial charge in [-0.25, -0.2) is 4.79 Å². The maximum Gasteiger partial charge on any atom is 0.338 e. The third kappa shape index (κ3) is 3.58. The first-order valence-corrected chi connectivity index (χ1v) is 7.92. The van der Waals surface area contributed by atoms with E-state index in [0.29, 0.717) is 12.1 Å². The molecule has 0 aromatic heterocycles. The summed E-state index contributed by atoms with van der Waals surface area (Å²) in [6.45, 7) is 2.74. The third-order valence-corrected chi connectivity index (χ3v) is 4.13. The number of aryl methyl sites for hydroxylation is 1. The molecular formula is C17H19NO2S. The van der Waals surface area contributed by atoms with Crippen molar-refractivity contribution in [3.05, 3.63) is 59.2 Å². The van der Waals surface area contributed by atoms with E-state index in [4.69, 9.17) is 0 Å². The molecule has 0 aliphatic carbocycles. The number of aromatic carboxylic acids is 1. The minimum Gasteiger partial charge on any atom is -0.478 e. The van der Waals surface area contributed by atoms with Crippen molar-refractivity contribution in [1.82, 2.24) is 0 Å². The summed E-state index contributed by atoms with van der Waals surface area (Å²) in [5.74, 6) is -0.883. The first-order valence-electron chi connectivity index (χ1n) is 6.70. The Morgan fingerprint density at radius 2 is 1.95 bits per heavy atom. The second kappa shape index (κ2) is 6.68. The van der Waals surface area contributed by atoms with Crippen molar-refractivity contribution < 1.29 is 9.90 Å². The zero-order valence-corrected chi connectivity index (χ0v) is 13.3. The number of nitrogens with zero attached hydrogens (tertiary/aromatic N) is 1. The minimum atomic E-state index is -0.883. The monoisotopic (exact) mass is 301 g/mol. The van der Waals surface area contributed by atoms with E-state index in [1.807, 2.05) is 42.5 Å². The van der Waals surface area contributed by atoms with E-state index in [1.165, 1.54) is 22.9 Å². The van der Waals surface area contributed by atoms with Crippen LogP contribution in [0.5, 0.6) is 0 Å². The summed E-state index contributed by atoms with van der Waals surface area (Å²) in [5, 5.41) is 9.50. The highest BCUT2D eigenvalue weighted by Gasteiger charge is 2.17. The van der Waals surface area contributed by atoms with Crippen molar-refractivity contribution in [2.24, 2.45) is 0 Å². The Morgan fingerprint density at radius 1 is 1.24 bits per heavy atom. The average molecular weight is 301 g/mol. The van der Waals surface area contributed by atoms with Crippen molar-refractivity contribution >= 4 is 23.4 Å². The molecule has 0 amide bonds. The van der Waals surface area contributed by atoms with E-state index in [0.717, 1.165) is 10.6 Å². The Hall–Kier alpha value is -1.94. The molecule has 0 fully saturated rings. The van der Waals surface area contributed by atoms with Gasteiger partial charge in [0, 0.05) is 18.5 Å². The van der Waals surface area contributed by atoms with Gasteiger partial charge < -0.3 is 10.0 Å². The highest BCUT2D eigenvalue weighted by Crippen LogP contribution is 2.30. The number of benzene rings is 2. The highest BCUT2D eigenvalue weighted by atomic mass is 32.2. The zero-order valence-electron chi connectivity index (χ0n) is 12.5. The molecule has 2 aromatic rings. The lowest BCUT2D eigenvalue weighted by atomic mass is 10.1. The van der Waals surface area contributed by atoms with Gasteiger partial charge in [0.25, 0.3) is 0 Å². The van der Waals surface area contributed by atoms with Crippen LogP contribution in [0.3, 0.4) is 0 Å². The second-order valence-electron chi connectivity index (χ2n) is 5.00.